The fourth-order valence-corrected chi connectivity index (χ4v) is 3.01. The van der Waals surface area contributed by atoms with E-state index in [-0.39, 0.29) is 5.54 Å². The first-order valence-electron chi connectivity index (χ1n) is 6.41. The summed E-state index contributed by atoms with van der Waals surface area (Å²) >= 11 is 0. The third-order valence-corrected chi connectivity index (χ3v) is 4.09. The zero-order valence-corrected chi connectivity index (χ0v) is 9.61. The lowest BCUT2D eigenvalue weighted by Crippen LogP contribution is -2.34. The van der Waals surface area contributed by atoms with Gasteiger partial charge in [0, 0.05) is 5.92 Å². The van der Waals surface area contributed by atoms with Crippen LogP contribution in [0.1, 0.15) is 69.0 Å². The molecule has 16 heavy (non-hydrogen) atoms. The monoisotopic (exact) mass is 221 g/mol. The van der Waals surface area contributed by atoms with Crippen LogP contribution in [0.2, 0.25) is 0 Å². The first kappa shape index (κ1) is 10.3. The van der Waals surface area contributed by atoms with Crippen molar-refractivity contribution >= 4 is 0 Å². The van der Waals surface area contributed by atoms with Crippen LogP contribution in [0, 0.1) is 0 Å². The standard InChI is InChI=1S/C12H19N3O/c13-12(7-3-4-8-12)11-14-10(16-15-11)9-5-1-2-6-9/h9H,1-8,13H2. The van der Waals surface area contributed by atoms with Gasteiger partial charge in [0.15, 0.2) is 5.82 Å². The number of hydrogen-bond acceptors (Lipinski definition) is 4. The van der Waals surface area contributed by atoms with Gasteiger partial charge in [-0.3, -0.25) is 0 Å². The van der Waals surface area contributed by atoms with E-state index in [2.05, 4.69) is 10.1 Å². The zero-order chi connectivity index (χ0) is 11.0. The van der Waals surface area contributed by atoms with Gasteiger partial charge in [-0.05, 0) is 25.7 Å². The summed E-state index contributed by atoms with van der Waals surface area (Å²) in [6, 6.07) is 0. The molecule has 4 nitrogen and oxygen atoms in total. The van der Waals surface area contributed by atoms with Crippen molar-refractivity contribution in [2.24, 2.45) is 5.73 Å². The van der Waals surface area contributed by atoms with Crippen LogP contribution in [-0.2, 0) is 5.54 Å². The number of aromatic nitrogens is 2. The Hall–Kier alpha value is -0.900. The summed E-state index contributed by atoms with van der Waals surface area (Å²) in [6.45, 7) is 0. The molecule has 0 aliphatic heterocycles. The highest BCUT2D eigenvalue weighted by Gasteiger charge is 2.36. The van der Waals surface area contributed by atoms with Crippen LogP contribution in [0.5, 0.6) is 0 Å². The van der Waals surface area contributed by atoms with Crippen LogP contribution in [0.15, 0.2) is 4.52 Å². The molecule has 2 aliphatic carbocycles. The van der Waals surface area contributed by atoms with Crippen LogP contribution < -0.4 is 5.73 Å². The summed E-state index contributed by atoms with van der Waals surface area (Å²) in [6.07, 6.45) is 9.32. The molecule has 0 radical (unpaired) electrons. The molecule has 2 fully saturated rings. The molecule has 0 unspecified atom stereocenters. The van der Waals surface area contributed by atoms with E-state index < -0.39 is 0 Å². The molecule has 0 spiro atoms. The van der Waals surface area contributed by atoms with Crippen LogP contribution >= 0.6 is 0 Å². The molecule has 2 aliphatic rings. The van der Waals surface area contributed by atoms with Crippen LogP contribution in [0.4, 0.5) is 0 Å². The van der Waals surface area contributed by atoms with Crippen molar-refractivity contribution < 1.29 is 4.52 Å². The number of hydrogen-bond donors (Lipinski definition) is 1. The summed E-state index contributed by atoms with van der Waals surface area (Å²) in [4.78, 5) is 4.54. The van der Waals surface area contributed by atoms with Gasteiger partial charge in [0.2, 0.25) is 5.89 Å². The molecule has 2 saturated carbocycles. The molecule has 0 aromatic carbocycles. The van der Waals surface area contributed by atoms with E-state index in [0.29, 0.717) is 5.92 Å². The Bertz CT molecular complexity index is 362. The van der Waals surface area contributed by atoms with Gasteiger partial charge in [0.25, 0.3) is 0 Å². The lowest BCUT2D eigenvalue weighted by molar-refractivity contribution is 0.334. The number of nitrogens with two attached hydrogens (primary N) is 1. The smallest absolute Gasteiger partial charge is 0.229 e. The van der Waals surface area contributed by atoms with Gasteiger partial charge in [-0.25, -0.2) is 0 Å². The van der Waals surface area contributed by atoms with Gasteiger partial charge in [-0.2, -0.15) is 4.98 Å². The van der Waals surface area contributed by atoms with E-state index in [1.54, 1.807) is 0 Å². The predicted octanol–water partition coefficient (Wildman–Crippen LogP) is 2.46. The van der Waals surface area contributed by atoms with Crippen molar-refractivity contribution in [1.29, 1.82) is 0 Å². The SMILES string of the molecule is NC1(c2noc(C3CCCC3)n2)CCCC1. The minimum atomic E-state index is -0.305. The third-order valence-electron chi connectivity index (χ3n) is 4.09. The van der Waals surface area contributed by atoms with Gasteiger partial charge in [-0.15, -0.1) is 0 Å². The van der Waals surface area contributed by atoms with E-state index >= 15 is 0 Å². The van der Waals surface area contributed by atoms with Gasteiger partial charge >= 0.3 is 0 Å². The summed E-state index contributed by atoms with van der Waals surface area (Å²) < 4.78 is 5.39. The molecule has 4 heteroatoms. The molecule has 0 saturated heterocycles. The highest BCUT2D eigenvalue weighted by atomic mass is 16.5. The highest BCUT2D eigenvalue weighted by molar-refractivity contribution is 5.08. The Kier molecular flexibility index (Phi) is 2.46. The fourth-order valence-electron chi connectivity index (χ4n) is 3.01. The lowest BCUT2D eigenvalue weighted by Gasteiger charge is -2.17. The van der Waals surface area contributed by atoms with Crippen LogP contribution in [-0.4, -0.2) is 10.1 Å². The largest absolute Gasteiger partial charge is 0.339 e. The molecule has 2 N–H and O–H groups in total. The van der Waals surface area contributed by atoms with E-state index in [0.717, 1.165) is 24.6 Å². The molecule has 3 rings (SSSR count). The summed E-state index contributed by atoms with van der Waals surface area (Å²) in [5, 5.41) is 4.10. The predicted molar refractivity (Wildman–Crippen MR) is 59.8 cm³/mol. The molecular formula is C12H19N3O. The quantitative estimate of drug-likeness (QED) is 0.833. The molecule has 0 amide bonds. The van der Waals surface area contributed by atoms with Crippen LogP contribution in [0.3, 0.4) is 0 Å². The number of nitrogens with zero attached hydrogens (tertiary/aromatic N) is 2. The Morgan fingerprint density at radius 2 is 1.81 bits per heavy atom. The molecular weight excluding hydrogens is 202 g/mol. The first-order chi connectivity index (χ1) is 7.78. The zero-order valence-electron chi connectivity index (χ0n) is 9.61. The van der Waals surface area contributed by atoms with Gasteiger partial charge in [0.1, 0.15) is 0 Å². The first-order valence-corrected chi connectivity index (χ1v) is 6.41. The molecule has 1 aromatic heterocycles. The van der Waals surface area contributed by atoms with Crippen molar-refractivity contribution in [2.75, 3.05) is 0 Å². The molecule has 1 heterocycles. The Balaban J connectivity index is 1.81. The lowest BCUT2D eigenvalue weighted by atomic mass is 9.98. The van der Waals surface area contributed by atoms with Gasteiger partial charge in [-0.1, -0.05) is 30.8 Å². The van der Waals surface area contributed by atoms with Crippen molar-refractivity contribution in [3.63, 3.8) is 0 Å². The van der Waals surface area contributed by atoms with Crippen molar-refractivity contribution in [1.82, 2.24) is 10.1 Å². The van der Waals surface area contributed by atoms with E-state index in [9.17, 15) is 0 Å². The molecule has 1 aromatic rings. The van der Waals surface area contributed by atoms with Gasteiger partial charge in [0.05, 0.1) is 5.54 Å². The van der Waals surface area contributed by atoms with Gasteiger partial charge < -0.3 is 10.3 Å². The van der Waals surface area contributed by atoms with E-state index in [1.807, 2.05) is 0 Å². The average Bonchev–Trinajstić information content (AvgIpc) is 2.98. The Labute approximate surface area is 95.6 Å². The average molecular weight is 221 g/mol. The maximum atomic E-state index is 6.31. The Morgan fingerprint density at radius 1 is 1.12 bits per heavy atom. The van der Waals surface area contributed by atoms with E-state index in [1.165, 1.54) is 38.5 Å². The molecule has 0 bridgehead atoms. The summed E-state index contributed by atoms with van der Waals surface area (Å²) in [7, 11) is 0. The third kappa shape index (κ3) is 1.65. The second-order valence-corrected chi connectivity index (χ2v) is 5.30. The summed E-state index contributed by atoms with van der Waals surface area (Å²) in [5.41, 5.74) is 6.00. The van der Waals surface area contributed by atoms with Crippen molar-refractivity contribution in [2.45, 2.75) is 62.8 Å². The molecule has 88 valence electrons. The summed E-state index contributed by atoms with van der Waals surface area (Å²) in [5.74, 6) is 2.06. The van der Waals surface area contributed by atoms with Crippen molar-refractivity contribution in [3.8, 4) is 0 Å². The maximum Gasteiger partial charge on any atom is 0.229 e. The Morgan fingerprint density at radius 3 is 2.50 bits per heavy atom. The topological polar surface area (TPSA) is 64.9 Å². The normalized spacial score (nSPS) is 25.3. The highest BCUT2D eigenvalue weighted by Crippen LogP contribution is 2.37. The molecule has 0 atom stereocenters. The maximum absolute atomic E-state index is 6.31. The van der Waals surface area contributed by atoms with Crippen LogP contribution in [0.25, 0.3) is 0 Å². The fraction of sp³-hybridized carbons (Fsp3) is 0.833. The second kappa shape index (κ2) is 3.84. The van der Waals surface area contributed by atoms with E-state index in [4.69, 9.17) is 10.3 Å². The minimum absolute atomic E-state index is 0.305. The second-order valence-electron chi connectivity index (χ2n) is 5.30. The minimum Gasteiger partial charge on any atom is -0.339 e. The van der Waals surface area contributed by atoms with Crippen molar-refractivity contribution in [3.05, 3.63) is 11.7 Å². The number of rotatable bonds is 2.